The Kier molecular flexibility index (Phi) is 4.82. The number of hydrogen-bond donors (Lipinski definition) is 1. The second-order valence-electron chi connectivity index (χ2n) is 8.69. The molecule has 1 aliphatic rings. The average Bonchev–Trinajstić information content (AvgIpc) is 2.99. The fraction of sp³-hybridized carbons (Fsp3) is 0.208. The van der Waals surface area contributed by atoms with Crippen LogP contribution in [0.1, 0.15) is 11.1 Å². The molecule has 1 amide bonds. The highest BCUT2D eigenvalue weighted by atomic mass is 28.3. The van der Waals surface area contributed by atoms with E-state index in [4.69, 9.17) is 10.7 Å². The molecule has 0 fully saturated rings. The first kappa shape index (κ1) is 20.0. The number of carbonyl (C=O) groups excluding carboxylic acids is 1. The topological polar surface area (TPSA) is 71.6 Å². The van der Waals surface area contributed by atoms with Gasteiger partial charge in [-0.05, 0) is 34.4 Å². The van der Waals surface area contributed by atoms with E-state index < -0.39 is 13.6 Å². The molecular formula is C24H26N4OSi. The number of pyridine rings is 1. The van der Waals surface area contributed by atoms with E-state index in [9.17, 15) is 4.79 Å². The number of carbonyl (C=O) groups is 1. The van der Waals surface area contributed by atoms with Crippen LogP contribution in [0.15, 0.2) is 78.0 Å². The van der Waals surface area contributed by atoms with Gasteiger partial charge in [0, 0.05) is 19.4 Å². The molecule has 6 heteroatoms. The Morgan fingerprint density at radius 3 is 2.20 bits per heavy atom. The molecule has 0 spiro atoms. The minimum Gasteiger partial charge on any atom is -0.369 e. The normalized spacial score (nSPS) is 19.1. The zero-order valence-corrected chi connectivity index (χ0v) is 18.8. The van der Waals surface area contributed by atoms with Crippen molar-refractivity contribution in [1.29, 1.82) is 0 Å². The van der Waals surface area contributed by atoms with Crippen LogP contribution in [-0.4, -0.2) is 36.9 Å². The second kappa shape index (κ2) is 7.22. The molecule has 0 bridgehead atoms. The van der Waals surface area contributed by atoms with Gasteiger partial charge in [-0.3, -0.25) is 14.7 Å². The zero-order valence-electron chi connectivity index (χ0n) is 17.8. The van der Waals surface area contributed by atoms with E-state index in [1.165, 1.54) is 10.1 Å². The first-order valence-electron chi connectivity index (χ1n) is 9.99. The third-order valence-corrected chi connectivity index (χ3v) is 7.75. The minimum absolute atomic E-state index is 0.149. The first-order chi connectivity index (χ1) is 14.2. The predicted molar refractivity (Wildman–Crippen MR) is 124 cm³/mol. The third-order valence-electron chi connectivity index (χ3n) is 5.68. The second-order valence-corrected chi connectivity index (χ2v) is 13.8. The molecule has 1 aliphatic heterocycles. The Balaban J connectivity index is 1.90. The Hall–Kier alpha value is -3.25. The van der Waals surface area contributed by atoms with Crippen molar-refractivity contribution in [1.82, 2.24) is 9.88 Å². The minimum atomic E-state index is -1.46. The zero-order chi connectivity index (χ0) is 21.5. The number of aliphatic imine (C=N–C) groups is 1. The van der Waals surface area contributed by atoms with Crippen LogP contribution in [0.3, 0.4) is 0 Å². The summed E-state index contributed by atoms with van der Waals surface area (Å²) in [6.07, 6.45) is 3.56. The summed E-state index contributed by atoms with van der Waals surface area (Å²) < 4.78 is 0. The lowest BCUT2D eigenvalue weighted by atomic mass is 9.82. The van der Waals surface area contributed by atoms with Gasteiger partial charge in [0.2, 0.25) is 0 Å². The van der Waals surface area contributed by atoms with E-state index in [1.807, 2.05) is 54.7 Å². The Labute approximate surface area is 178 Å². The number of guanidine groups is 1. The van der Waals surface area contributed by atoms with Gasteiger partial charge >= 0.3 is 0 Å². The van der Waals surface area contributed by atoms with Crippen LogP contribution < -0.4 is 10.9 Å². The molecule has 2 N–H and O–H groups in total. The monoisotopic (exact) mass is 414 g/mol. The molecule has 0 saturated carbocycles. The molecule has 0 saturated heterocycles. The van der Waals surface area contributed by atoms with E-state index in [2.05, 4.69) is 36.8 Å². The van der Waals surface area contributed by atoms with Crippen molar-refractivity contribution >= 4 is 25.1 Å². The largest absolute Gasteiger partial charge is 0.369 e. The van der Waals surface area contributed by atoms with Crippen molar-refractivity contribution in [3.63, 3.8) is 0 Å². The Morgan fingerprint density at radius 2 is 1.63 bits per heavy atom. The van der Waals surface area contributed by atoms with Crippen molar-refractivity contribution in [3.05, 3.63) is 84.2 Å². The van der Waals surface area contributed by atoms with Gasteiger partial charge in [-0.25, -0.2) is 4.99 Å². The molecule has 1 aromatic heterocycles. The van der Waals surface area contributed by atoms with Crippen molar-refractivity contribution < 1.29 is 4.79 Å². The van der Waals surface area contributed by atoms with Crippen LogP contribution in [0.2, 0.25) is 19.6 Å². The Morgan fingerprint density at radius 1 is 0.933 bits per heavy atom. The van der Waals surface area contributed by atoms with Crippen molar-refractivity contribution in [3.8, 4) is 11.1 Å². The first-order valence-corrected chi connectivity index (χ1v) is 13.5. The number of rotatable bonds is 4. The summed E-state index contributed by atoms with van der Waals surface area (Å²) in [7, 11) is 0.212. The molecule has 5 nitrogen and oxygen atoms in total. The van der Waals surface area contributed by atoms with Gasteiger partial charge in [-0.15, -0.1) is 0 Å². The summed E-state index contributed by atoms with van der Waals surface area (Å²) >= 11 is 0. The maximum Gasteiger partial charge on any atom is 0.266 e. The molecule has 1 unspecified atom stereocenters. The maximum atomic E-state index is 13.5. The van der Waals surface area contributed by atoms with Crippen molar-refractivity contribution in [2.45, 2.75) is 25.2 Å². The van der Waals surface area contributed by atoms with Gasteiger partial charge in [-0.2, -0.15) is 0 Å². The molecule has 1 atom stereocenters. The van der Waals surface area contributed by atoms with E-state index in [1.54, 1.807) is 13.2 Å². The summed E-state index contributed by atoms with van der Waals surface area (Å²) in [6.45, 7) is 6.92. The number of likely N-dealkylation sites (N-methyl/N-ethyl adjacent to an activating group) is 1. The molecule has 0 radical (unpaired) electrons. The van der Waals surface area contributed by atoms with E-state index in [0.717, 1.165) is 22.3 Å². The summed E-state index contributed by atoms with van der Waals surface area (Å²) in [6, 6.07) is 20.1. The summed E-state index contributed by atoms with van der Waals surface area (Å²) in [5.74, 6) is 0.0742. The summed E-state index contributed by atoms with van der Waals surface area (Å²) in [5.41, 5.74) is 8.52. The molecule has 3 aromatic rings. The fourth-order valence-electron chi connectivity index (χ4n) is 3.85. The van der Waals surface area contributed by atoms with Crippen LogP contribution in [0, 0.1) is 0 Å². The van der Waals surface area contributed by atoms with Crippen LogP contribution in [0.25, 0.3) is 11.1 Å². The van der Waals surface area contributed by atoms with Crippen molar-refractivity contribution in [2.75, 3.05) is 7.05 Å². The number of benzene rings is 2. The predicted octanol–water partition coefficient (Wildman–Crippen LogP) is 3.32. The molecule has 152 valence electrons. The van der Waals surface area contributed by atoms with Gasteiger partial charge in [-0.1, -0.05) is 73.4 Å². The molecular weight excluding hydrogens is 388 g/mol. The van der Waals surface area contributed by atoms with E-state index in [-0.39, 0.29) is 11.9 Å². The van der Waals surface area contributed by atoms with E-state index in [0.29, 0.717) is 0 Å². The fourth-order valence-corrected chi connectivity index (χ4v) is 5.02. The summed E-state index contributed by atoms with van der Waals surface area (Å²) in [4.78, 5) is 23.9. The van der Waals surface area contributed by atoms with Gasteiger partial charge in [0.25, 0.3) is 5.91 Å². The lowest BCUT2D eigenvalue weighted by Crippen LogP contribution is -2.42. The smallest absolute Gasteiger partial charge is 0.266 e. The third kappa shape index (κ3) is 3.23. The number of amides is 1. The molecule has 4 rings (SSSR count). The standard InChI is InChI=1S/C24H26N4OSi/c1-28-22(29)24(27-23(28)25,19-10-12-21(13-11-19)30(2,3)4)20-9-5-7-17(15-20)18-8-6-14-26-16-18/h5-16H,1-4H3,(H2,25,27). The van der Waals surface area contributed by atoms with Gasteiger partial charge in [0.1, 0.15) is 0 Å². The van der Waals surface area contributed by atoms with Crippen LogP contribution >= 0.6 is 0 Å². The highest BCUT2D eigenvalue weighted by Gasteiger charge is 2.49. The number of nitrogens with two attached hydrogens (primary N) is 1. The number of hydrogen-bond acceptors (Lipinski definition) is 4. The lowest BCUT2D eigenvalue weighted by Gasteiger charge is -2.27. The van der Waals surface area contributed by atoms with Crippen LogP contribution in [0.5, 0.6) is 0 Å². The van der Waals surface area contributed by atoms with E-state index >= 15 is 0 Å². The highest BCUT2D eigenvalue weighted by molar-refractivity contribution is 6.88. The van der Waals surface area contributed by atoms with Gasteiger partial charge < -0.3 is 5.73 Å². The SMILES string of the molecule is CN1C(=O)C(c2ccc([Si](C)(C)C)cc2)(c2cccc(-c3cccnc3)c2)N=C1N. The molecule has 2 heterocycles. The quantitative estimate of drug-likeness (QED) is 0.666. The van der Waals surface area contributed by atoms with Gasteiger partial charge in [0.05, 0.1) is 8.07 Å². The number of aromatic nitrogens is 1. The molecule has 0 aliphatic carbocycles. The van der Waals surface area contributed by atoms with Crippen LogP contribution in [-0.2, 0) is 10.3 Å². The molecule has 2 aromatic carbocycles. The lowest BCUT2D eigenvalue weighted by molar-refractivity contribution is -0.129. The van der Waals surface area contributed by atoms with Crippen LogP contribution in [0.4, 0.5) is 0 Å². The maximum absolute atomic E-state index is 13.5. The van der Waals surface area contributed by atoms with Gasteiger partial charge in [0.15, 0.2) is 11.5 Å². The van der Waals surface area contributed by atoms with Crippen molar-refractivity contribution in [2.24, 2.45) is 10.7 Å². The summed E-state index contributed by atoms with van der Waals surface area (Å²) in [5, 5.41) is 1.33. The number of nitrogens with zero attached hydrogens (tertiary/aromatic N) is 3. The highest BCUT2D eigenvalue weighted by Crippen LogP contribution is 2.40. The Bertz CT molecular complexity index is 1120. The average molecular weight is 415 g/mol. The molecule has 30 heavy (non-hydrogen) atoms.